The molecule has 0 amide bonds. The van der Waals surface area contributed by atoms with Crippen LogP contribution in [0.4, 0.5) is 5.13 Å². The third-order valence-corrected chi connectivity index (χ3v) is 5.81. The van der Waals surface area contributed by atoms with Gasteiger partial charge in [-0.15, -0.1) is 0 Å². The summed E-state index contributed by atoms with van der Waals surface area (Å²) in [6, 6.07) is 16.3. The molecule has 2 aromatic carbocycles. The summed E-state index contributed by atoms with van der Waals surface area (Å²) in [5.41, 5.74) is 3.75. The molecule has 4 nitrogen and oxygen atoms in total. The monoisotopic (exact) mass is 384 g/mol. The Morgan fingerprint density at radius 1 is 1.04 bits per heavy atom. The van der Waals surface area contributed by atoms with Crippen molar-refractivity contribution in [1.82, 2.24) is 14.3 Å². The second-order valence-electron chi connectivity index (χ2n) is 6.60. The van der Waals surface area contributed by atoms with Crippen LogP contribution in [0.1, 0.15) is 11.1 Å². The van der Waals surface area contributed by atoms with E-state index in [1.807, 2.05) is 24.3 Å². The molecule has 1 saturated heterocycles. The van der Waals surface area contributed by atoms with Gasteiger partial charge in [0.2, 0.25) is 5.13 Å². The molecule has 134 valence electrons. The SMILES string of the molecule is Cc1ccccc1CN1CCN(c2nc(-c3cccc(Cl)c3)ns2)CC1. The van der Waals surface area contributed by atoms with Gasteiger partial charge in [-0.1, -0.05) is 48.0 Å². The van der Waals surface area contributed by atoms with E-state index >= 15 is 0 Å². The van der Waals surface area contributed by atoms with Gasteiger partial charge in [0.15, 0.2) is 5.82 Å². The van der Waals surface area contributed by atoms with Crippen molar-refractivity contribution in [1.29, 1.82) is 0 Å². The molecule has 0 radical (unpaired) electrons. The summed E-state index contributed by atoms with van der Waals surface area (Å²) in [7, 11) is 0. The van der Waals surface area contributed by atoms with Crippen LogP contribution in [0.15, 0.2) is 48.5 Å². The first-order valence-electron chi connectivity index (χ1n) is 8.80. The highest BCUT2D eigenvalue weighted by Crippen LogP contribution is 2.26. The van der Waals surface area contributed by atoms with Crippen molar-refractivity contribution in [2.75, 3.05) is 31.1 Å². The van der Waals surface area contributed by atoms with E-state index in [0.717, 1.165) is 49.2 Å². The highest BCUT2D eigenvalue weighted by atomic mass is 35.5. The van der Waals surface area contributed by atoms with Crippen molar-refractivity contribution in [2.45, 2.75) is 13.5 Å². The van der Waals surface area contributed by atoms with E-state index in [0.29, 0.717) is 5.02 Å². The fourth-order valence-corrected chi connectivity index (χ4v) is 4.14. The summed E-state index contributed by atoms with van der Waals surface area (Å²) < 4.78 is 4.52. The van der Waals surface area contributed by atoms with E-state index < -0.39 is 0 Å². The molecule has 1 aliphatic heterocycles. The van der Waals surface area contributed by atoms with Crippen molar-refractivity contribution in [2.24, 2.45) is 0 Å². The summed E-state index contributed by atoms with van der Waals surface area (Å²) in [4.78, 5) is 9.57. The fraction of sp³-hybridized carbons (Fsp3) is 0.300. The Morgan fingerprint density at radius 3 is 2.62 bits per heavy atom. The van der Waals surface area contributed by atoms with Crippen LogP contribution in [-0.2, 0) is 6.54 Å². The van der Waals surface area contributed by atoms with Gasteiger partial charge in [-0.05, 0) is 30.2 Å². The lowest BCUT2D eigenvalue weighted by atomic mass is 10.1. The third-order valence-electron chi connectivity index (χ3n) is 4.80. The molecule has 0 saturated carbocycles. The highest BCUT2D eigenvalue weighted by Gasteiger charge is 2.20. The maximum Gasteiger partial charge on any atom is 0.205 e. The summed E-state index contributed by atoms with van der Waals surface area (Å²) in [5, 5.41) is 1.71. The zero-order valence-electron chi connectivity index (χ0n) is 14.7. The van der Waals surface area contributed by atoms with Gasteiger partial charge in [0, 0.05) is 54.8 Å². The molecule has 0 aliphatic carbocycles. The number of anilines is 1. The lowest BCUT2D eigenvalue weighted by molar-refractivity contribution is 0.249. The van der Waals surface area contributed by atoms with E-state index in [-0.39, 0.29) is 0 Å². The molecule has 0 N–H and O–H groups in total. The molecule has 2 heterocycles. The van der Waals surface area contributed by atoms with Crippen LogP contribution in [0, 0.1) is 6.92 Å². The van der Waals surface area contributed by atoms with Gasteiger partial charge in [0.1, 0.15) is 0 Å². The summed E-state index contributed by atoms with van der Waals surface area (Å²) >= 11 is 7.54. The lowest BCUT2D eigenvalue weighted by Gasteiger charge is -2.34. The summed E-state index contributed by atoms with van der Waals surface area (Å²) in [5.74, 6) is 0.759. The van der Waals surface area contributed by atoms with Crippen molar-refractivity contribution in [3.63, 3.8) is 0 Å². The second-order valence-corrected chi connectivity index (χ2v) is 7.77. The topological polar surface area (TPSA) is 32.3 Å². The Morgan fingerprint density at radius 2 is 1.85 bits per heavy atom. The van der Waals surface area contributed by atoms with Crippen molar-refractivity contribution < 1.29 is 0 Å². The van der Waals surface area contributed by atoms with Crippen LogP contribution >= 0.6 is 23.1 Å². The van der Waals surface area contributed by atoms with Crippen molar-refractivity contribution in [3.8, 4) is 11.4 Å². The number of halogens is 1. The number of benzene rings is 2. The number of rotatable bonds is 4. The lowest BCUT2D eigenvalue weighted by Crippen LogP contribution is -2.46. The van der Waals surface area contributed by atoms with E-state index in [2.05, 4.69) is 45.4 Å². The molecule has 1 aromatic heterocycles. The molecule has 1 fully saturated rings. The first-order chi connectivity index (χ1) is 12.7. The largest absolute Gasteiger partial charge is 0.344 e. The number of aromatic nitrogens is 2. The zero-order chi connectivity index (χ0) is 17.9. The minimum absolute atomic E-state index is 0.712. The van der Waals surface area contributed by atoms with Gasteiger partial charge in [-0.3, -0.25) is 4.90 Å². The third kappa shape index (κ3) is 3.90. The van der Waals surface area contributed by atoms with Crippen LogP contribution in [0.2, 0.25) is 5.02 Å². The normalized spacial score (nSPS) is 15.4. The van der Waals surface area contributed by atoms with Gasteiger partial charge in [0.25, 0.3) is 0 Å². The number of hydrogen-bond acceptors (Lipinski definition) is 5. The first kappa shape index (κ1) is 17.5. The van der Waals surface area contributed by atoms with Crippen LogP contribution < -0.4 is 4.90 Å². The van der Waals surface area contributed by atoms with Gasteiger partial charge in [-0.25, -0.2) is 0 Å². The molecule has 6 heteroatoms. The number of piperazine rings is 1. The van der Waals surface area contributed by atoms with Crippen molar-refractivity contribution >= 4 is 28.3 Å². The molecule has 4 rings (SSSR count). The quantitative estimate of drug-likeness (QED) is 0.663. The Kier molecular flexibility index (Phi) is 5.20. The average molecular weight is 385 g/mol. The van der Waals surface area contributed by atoms with E-state index in [9.17, 15) is 0 Å². The Hall–Kier alpha value is -1.95. The minimum atomic E-state index is 0.712. The van der Waals surface area contributed by atoms with Gasteiger partial charge in [-0.2, -0.15) is 9.36 Å². The van der Waals surface area contributed by atoms with Crippen LogP contribution in [0.25, 0.3) is 11.4 Å². The summed E-state index contributed by atoms with van der Waals surface area (Å²) in [6.45, 7) is 7.25. The fourth-order valence-electron chi connectivity index (χ4n) is 3.21. The standard InChI is InChI=1S/C20H21ClN4S/c1-15-5-2-3-6-17(15)14-24-9-11-25(12-10-24)20-22-19(23-26-20)16-7-4-8-18(21)13-16/h2-8,13H,9-12,14H2,1H3. The number of hydrogen-bond donors (Lipinski definition) is 0. The zero-order valence-corrected chi connectivity index (χ0v) is 16.3. The molecular formula is C20H21ClN4S. The molecule has 0 bridgehead atoms. The molecule has 1 aliphatic rings. The van der Waals surface area contributed by atoms with E-state index in [4.69, 9.17) is 16.6 Å². The Balaban J connectivity index is 1.39. The van der Waals surface area contributed by atoms with Gasteiger partial charge < -0.3 is 4.90 Å². The van der Waals surface area contributed by atoms with Gasteiger partial charge in [0.05, 0.1) is 0 Å². The van der Waals surface area contributed by atoms with E-state index in [1.165, 1.54) is 22.7 Å². The smallest absolute Gasteiger partial charge is 0.205 e. The Bertz CT molecular complexity index is 887. The van der Waals surface area contributed by atoms with Crippen LogP contribution in [-0.4, -0.2) is 40.4 Å². The van der Waals surface area contributed by atoms with Crippen molar-refractivity contribution in [3.05, 3.63) is 64.7 Å². The summed E-state index contributed by atoms with van der Waals surface area (Å²) in [6.07, 6.45) is 0. The van der Waals surface area contributed by atoms with Gasteiger partial charge >= 0.3 is 0 Å². The maximum atomic E-state index is 6.08. The number of nitrogens with zero attached hydrogens (tertiary/aromatic N) is 4. The van der Waals surface area contributed by atoms with E-state index in [1.54, 1.807) is 0 Å². The second kappa shape index (κ2) is 7.74. The molecule has 3 aromatic rings. The minimum Gasteiger partial charge on any atom is -0.344 e. The Labute approximate surface area is 163 Å². The molecular weight excluding hydrogens is 364 g/mol. The number of aryl methyl sites for hydroxylation is 1. The predicted octanol–water partition coefficient (Wildman–Crippen LogP) is 4.49. The first-order valence-corrected chi connectivity index (χ1v) is 9.95. The van der Waals surface area contributed by atoms with Crippen LogP contribution in [0.3, 0.4) is 0 Å². The molecule has 26 heavy (non-hydrogen) atoms. The predicted molar refractivity (Wildman–Crippen MR) is 109 cm³/mol. The average Bonchev–Trinajstić information content (AvgIpc) is 3.14. The highest BCUT2D eigenvalue weighted by molar-refractivity contribution is 7.09. The molecule has 0 spiro atoms. The molecule has 0 unspecified atom stereocenters. The van der Waals surface area contributed by atoms with Crippen LogP contribution in [0.5, 0.6) is 0 Å². The maximum absolute atomic E-state index is 6.08. The molecule has 0 atom stereocenters.